The first-order valence-corrected chi connectivity index (χ1v) is 9.49. The molecule has 1 amide bonds. The van der Waals surface area contributed by atoms with E-state index >= 15 is 0 Å². The van der Waals surface area contributed by atoms with Gasteiger partial charge in [0.2, 0.25) is 0 Å². The highest BCUT2D eigenvalue weighted by Gasteiger charge is 2.08. The molecule has 6 heteroatoms. The van der Waals surface area contributed by atoms with E-state index in [2.05, 4.69) is 5.32 Å². The van der Waals surface area contributed by atoms with Crippen LogP contribution in [0.2, 0.25) is 10.0 Å². The van der Waals surface area contributed by atoms with E-state index < -0.39 is 0 Å². The van der Waals surface area contributed by atoms with Crippen LogP contribution in [0.3, 0.4) is 0 Å². The standard InChI is InChI=1S/C20H14Cl2FNOS/c21-18-10-3-14(11-19(18)22)20(25)24-16-6-1-13(2-7-16)12-26-17-8-4-15(23)5-9-17/h1-11H,12H2,(H,24,25). The van der Waals surface area contributed by atoms with Gasteiger partial charge in [-0.15, -0.1) is 11.8 Å². The summed E-state index contributed by atoms with van der Waals surface area (Å²) in [6.07, 6.45) is 0. The molecule has 0 aromatic heterocycles. The number of carbonyl (C=O) groups is 1. The zero-order valence-corrected chi connectivity index (χ0v) is 15.8. The molecule has 0 radical (unpaired) electrons. The van der Waals surface area contributed by atoms with Gasteiger partial charge in [0, 0.05) is 21.9 Å². The number of hydrogen-bond donors (Lipinski definition) is 1. The van der Waals surface area contributed by atoms with Gasteiger partial charge in [-0.05, 0) is 60.2 Å². The molecule has 0 unspecified atom stereocenters. The Hall–Kier alpha value is -2.01. The third-order valence-electron chi connectivity index (χ3n) is 3.61. The van der Waals surface area contributed by atoms with Gasteiger partial charge in [-0.2, -0.15) is 0 Å². The molecule has 3 aromatic carbocycles. The summed E-state index contributed by atoms with van der Waals surface area (Å²) < 4.78 is 12.9. The summed E-state index contributed by atoms with van der Waals surface area (Å²) in [5.74, 6) is 0.264. The molecule has 0 fully saturated rings. The van der Waals surface area contributed by atoms with Gasteiger partial charge in [0.15, 0.2) is 0 Å². The Morgan fingerprint density at radius 1 is 0.923 bits per heavy atom. The molecule has 1 N–H and O–H groups in total. The quantitative estimate of drug-likeness (QED) is 0.479. The minimum Gasteiger partial charge on any atom is -0.322 e. The van der Waals surface area contributed by atoms with Gasteiger partial charge < -0.3 is 5.32 Å². The highest BCUT2D eigenvalue weighted by molar-refractivity contribution is 7.98. The molecule has 0 aliphatic rings. The molecule has 0 heterocycles. The van der Waals surface area contributed by atoms with Crippen LogP contribution in [0.5, 0.6) is 0 Å². The van der Waals surface area contributed by atoms with Crippen LogP contribution in [0, 0.1) is 5.82 Å². The van der Waals surface area contributed by atoms with Crippen molar-refractivity contribution >= 4 is 46.6 Å². The maximum absolute atomic E-state index is 12.9. The van der Waals surface area contributed by atoms with E-state index in [-0.39, 0.29) is 11.7 Å². The first kappa shape index (κ1) is 18.8. The molecule has 0 saturated heterocycles. The van der Waals surface area contributed by atoms with Gasteiger partial charge in [0.25, 0.3) is 5.91 Å². The molecule has 26 heavy (non-hydrogen) atoms. The lowest BCUT2D eigenvalue weighted by atomic mass is 10.2. The molecule has 0 saturated carbocycles. The van der Waals surface area contributed by atoms with Gasteiger partial charge in [-0.3, -0.25) is 4.79 Å². The molecule has 3 aromatic rings. The Morgan fingerprint density at radius 2 is 1.62 bits per heavy atom. The van der Waals surface area contributed by atoms with Crippen molar-refractivity contribution in [1.29, 1.82) is 0 Å². The van der Waals surface area contributed by atoms with E-state index in [9.17, 15) is 9.18 Å². The van der Waals surface area contributed by atoms with Crippen LogP contribution in [0.15, 0.2) is 71.6 Å². The normalized spacial score (nSPS) is 10.6. The molecule has 0 bridgehead atoms. The summed E-state index contributed by atoms with van der Waals surface area (Å²) in [5.41, 5.74) is 2.24. The monoisotopic (exact) mass is 405 g/mol. The van der Waals surface area contributed by atoms with Crippen molar-refractivity contribution in [3.8, 4) is 0 Å². The summed E-state index contributed by atoms with van der Waals surface area (Å²) in [6, 6.07) is 18.7. The lowest BCUT2D eigenvalue weighted by molar-refractivity contribution is 0.102. The van der Waals surface area contributed by atoms with Crippen LogP contribution < -0.4 is 5.32 Å². The van der Waals surface area contributed by atoms with Gasteiger partial charge >= 0.3 is 0 Å². The zero-order chi connectivity index (χ0) is 18.5. The predicted molar refractivity (Wildman–Crippen MR) is 107 cm³/mol. The average Bonchev–Trinajstić information content (AvgIpc) is 2.64. The van der Waals surface area contributed by atoms with Crippen LogP contribution in [0.4, 0.5) is 10.1 Å². The van der Waals surface area contributed by atoms with E-state index in [1.54, 1.807) is 36.0 Å². The van der Waals surface area contributed by atoms with E-state index in [4.69, 9.17) is 23.2 Å². The van der Waals surface area contributed by atoms with Crippen molar-refractivity contribution in [3.05, 3.63) is 93.7 Å². The number of nitrogens with one attached hydrogen (secondary N) is 1. The molecule has 0 aliphatic carbocycles. The minimum absolute atomic E-state index is 0.239. The van der Waals surface area contributed by atoms with E-state index in [0.717, 1.165) is 16.2 Å². The Bertz CT molecular complexity index is 914. The molecular weight excluding hydrogens is 392 g/mol. The van der Waals surface area contributed by atoms with Crippen molar-refractivity contribution < 1.29 is 9.18 Å². The van der Waals surface area contributed by atoms with Crippen molar-refractivity contribution in [2.45, 2.75) is 10.6 Å². The second-order valence-corrected chi connectivity index (χ2v) is 7.39. The van der Waals surface area contributed by atoms with Crippen molar-refractivity contribution in [2.75, 3.05) is 5.32 Å². The van der Waals surface area contributed by atoms with Crippen molar-refractivity contribution in [1.82, 2.24) is 0 Å². The minimum atomic E-state index is -0.253. The fourth-order valence-electron chi connectivity index (χ4n) is 2.22. The third-order valence-corrected chi connectivity index (χ3v) is 5.43. The zero-order valence-electron chi connectivity index (χ0n) is 13.5. The summed E-state index contributed by atoms with van der Waals surface area (Å²) in [5, 5.41) is 3.57. The Morgan fingerprint density at radius 3 is 2.27 bits per heavy atom. The molecule has 0 spiro atoms. The Kier molecular flexibility index (Phi) is 6.20. The summed E-state index contributed by atoms with van der Waals surface area (Å²) in [7, 11) is 0. The van der Waals surface area contributed by atoms with Gasteiger partial charge in [-0.25, -0.2) is 4.39 Å². The maximum Gasteiger partial charge on any atom is 0.255 e. The average molecular weight is 406 g/mol. The summed E-state index contributed by atoms with van der Waals surface area (Å²) >= 11 is 13.4. The van der Waals surface area contributed by atoms with Crippen molar-refractivity contribution in [2.24, 2.45) is 0 Å². The number of anilines is 1. The summed E-state index contributed by atoms with van der Waals surface area (Å²) in [6.45, 7) is 0. The number of amides is 1. The Labute approximate surface area is 165 Å². The number of rotatable bonds is 5. The van der Waals surface area contributed by atoms with Crippen molar-refractivity contribution in [3.63, 3.8) is 0 Å². The van der Waals surface area contributed by atoms with Crippen LogP contribution in [0.1, 0.15) is 15.9 Å². The third kappa shape index (κ3) is 5.01. The van der Waals surface area contributed by atoms with Gasteiger partial charge in [0.05, 0.1) is 10.0 Å². The Balaban J connectivity index is 1.59. The lowest BCUT2D eigenvalue weighted by Gasteiger charge is -2.08. The van der Waals surface area contributed by atoms with Crippen LogP contribution in [-0.2, 0) is 5.75 Å². The fraction of sp³-hybridized carbons (Fsp3) is 0.0500. The number of benzene rings is 3. The molecule has 132 valence electrons. The lowest BCUT2D eigenvalue weighted by Crippen LogP contribution is -2.11. The fourth-order valence-corrected chi connectivity index (χ4v) is 3.37. The largest absolute Gasteiger partial charge is 0.322 e. The highest BCUT2D eigenvalue weighted by atomic mass is 35.5. The molecule has 2 nitrogen and oxygen atoms in total. The topological polar surface area (TPSA) is 29.1 Å². The van der Waals surface area contributed by atoms with Crippen LogP contribution in [-0.4, -0.2) is 5.91 Å². The second-order valence-electron chi connectivity index (χ2n) is 5.52. The molecule has 0 atom stereocenters. The number of hydrogen-bond acceptors (Lipinski definition) is 2. The smallest absolute Gasteiger partial charge is 0.255 e. The van der Waals surface area contributed by atoms with Crippen LogP contribution >= 0.6 is 35.0 Å². The van der Waals surface area contributed by atoms with Gasteiger partial charge in [-0.1, -0.05) is 35.3 Å². The maximum atomic E-state index is 12.9. The predicted octanol–water partition coefficient (Wildman–Crippen LogP) is 6.68. The van der Waals surface area contributed by atoms with E-state index in [1.807, 2.05) is 24.3 Å². The molecular formula is C20H14Cl2FNOS. The van der Waals surface area contributed by atoms with E-state index in [1.165, 1.54) is 18.2 Å². The van der Waals surface area contributed by atoms with E-state index in [0.29, 0.717) is 21.3 Å². The SMILES string of the molecule is O=C(Nc1ccc(CSc2ccc(F)cc2)cc1)c1ccc(Cl)c(Cl)c1. The number of halogens is 3. The first-order chi connectivity index (χ1) is 12.5. The first-order valence-electron chi connectivity index (χ1n) is 7.75. The number of thioether (sulfide) groups is 1. The summed E-state index contributed by atoms with van der Waals surface area (Å²) in [4.78, 5) is 13.3. The van der Waals surface area contributed by atoms with Crippen LogP contribution in [0.25, 0.3) is 0 Å². The molecule has 3 rings (SSSR count). The molecule has 0 aliphatic heterocycles. The number of carbonyl (C=O) groups excluding carboxylic acids is 1. The second kappa shape index (κ2) is 8.58. The van der Waals surface area contributed by atoms with Gasteiger partial charge in [0.1, 0.15) is 5.82 Å². The highest BCUT2D eigenvalue weighted by Crippen LogP contribution is 2.25.